The van der Waals surface area contributed by atoms with E-state index < -0.39 is 6.10 Å². The van der Waals surface area contributed by atoms with Gasteiger partial charge in [-0.2, -0.15) is 0 Å². The molecule has 0 radical (unpaired) electrons. The smallest absolute Gasteiger partial charge is 0.118 e. The molecule has 0 amide bonds. The zero-order chi connectivity index (χ0) is 20.9. The van der Waals surface area contributed by atoms with Gasteiger partial charge in [0.1, 0.15) is 5.75 Å². The first kappa shape index (κ1) is 23.1. The predicted molar refractivity (Wildman–Crippen MR) is 117 cm³/mol. The molecule has 158 valence electrons. The topological polar surface area (TPSA) is 47.9 Å². The molecule has 1 N–H and O–H groups in total. The van der Waals surface area contributed by atoms with Gasteiger partial charge in [-0.15, -0.1) is 6.58 Å². The van der Waals surface area contributed by atoms with Crippen LogP contribution in [0.5, 0.6) is 5.75 Å². The van der Waals surface area contributed by atoms with Gasteiger partial charge in [-0.25, -0.2) is 0 Å². The zero-order valence-electron chi connectivity index (χ0n) is 17.6. The molecule has 4 nitrogen and oxygen atoms in total. The fraction of sp³-hybridized carbons (Fsp3) is 0.440. The first-order chi connectivity index (χ1) is 14.1. The van der Waals surface area contributed by atoms with Crippen LogP contribution in [-0.4, -0.2) is 31.0 Å². The van der Waals surface area contributed by atoms with Crippen molar-refractivity contribution in [3.8, 4) is 5.75 Å². The van der Waals surface area contributed by atoms with E-state index in [0.717, 1.165) is 24.2 Å². The normalized spacial score (nSPS) is 14.2. The van der Waals surface area contributed by atoms with Crippen LogP contribution < -0.4 is 4.74 Å². The molecule has 2 rings (SSSR count). The summed E-state index contributed by atoms with van der Waals surface area (Å²) < 4.78 is 17.1. The van der Waals surface area contributed by atoms with Gasteiger partial charge in [-0.3, -0.25) is 0 Å². The molecule has 0 spiro atoms. The van der Waals surface area contributed by atoms with E-state index in [1.165, 1.54) is 5.56 Å². The minimum absolute atomic E-state index is 0.0326. The van der Waals surface area contributed by atoms with Crippen LogP contribution in [0.2, 0.25) is 0 Å². The lowest BCUT2D eigenvalue weighted by Crippen LogP contribution is -2.25. The lowest BCUT2D eigenvalue weighted by Gasteiger charge is -2.23. The molecule has 0 aliphatic rings. The summed E-state index contributed by atoms with van der Waals surface area (Å²) in [7, 11) is 1.66. The third-order valence-corrected chi connectivity index (χ3v) is 5.05. The fourth-order valence-corrected chi connectivity index (χ4v) is 3.02. The lowest BCUT2D eigenvalue weighted by atomic mass is 9.97. The van der Waals surface area contributed by atoms with E-state index in [-0.39, 0.29) is 12.0 Å². The maximum atomic E-state index is 10.4. The molecule has 0 unspecified atom stereocenters. The Kier molecular flexibility index (Phi) is 10.5. The van der Waals surface area contributed by atoms with Gasteiger partial charge in [0.2, 0.25) is 0 Å². The van der Waals surface area contributed by atoms with Crippen LogP contribution in [0.4, 0.5) is 0 Å². The van der Waals surface area contributed by atoms with Crippen molar-refractivity contribution >= 4 is 0 Å². The van der Waals surface area contributed by atoms with Gasteiger partial charge in [-0.05, 0) is 42.0 Å². The summed E-state index contributed by atoms with van der Waals surface area (Å²) in [6.07, 6.45) is 3.60. The molecule has 0 aromatic heterocycles. The fourth-order valence-electron chi connectivity index (χ4n) is 3.02. The largest absolute Gasteiger partial charge is 0.497 e. The molecule has 0 saturated heterocycles. The molecular weight excluding hydrogens is 364 g/mol. The van der Waals surface area contributed by atoms with Crippen LogP contribution >= 0.6 is 0 Å². The first-order valence-corrected chi connectivity index (χ1v) is 10.3. The van der Waals surface area contributed by atoms with Crippen LogP contribution in [0.15, 0.2) is 67.3 Å². The molecule has 29 heavy (non-hydrogen) atoms. The molecule has 4 heteroatoms. The Bertz CT molecular complexity index is 684. The number of rotatable bonds is 14. The summed E-state index contributed by atoms with van der Waals surface area (Å²) in [4.78, 5) is 0. The first-order valence-electron chi connectivity index (χ1n) is 10.3. The summed E-state index contributed by atoms with van der Waals surface area (Å²) >= 11 is 0. The third-order valence-electron chi connectivity index (χ3n) is 5.05. The highest BCUT2D eigenvalue weighted by Crippen LogP contribution is 2.19. The van der Waals surface area contributed by atoms with Crippen molar-refractivity contribution in [2.75, 3.05) is 13.7 Å². The van der Waals surface area contributed by atoms with Gasteiger partial charge < -0.3 is 19.3 Å². The quantitative estimate of drug-likeness (QED) is 0.353. The van der Waals surface area contributed by atoms with Crippen molar-refractivity contribution in [2.45, 2.75) is 51.6 Å². The van der Waals surface area contributed by atoms with E-state index in [4.69, 9.17) is 14.2 Å². The van der Waals surface area contributed by atoms with Crippen LogP contribution in [0, 0.1) is 5.92 Å². The van der Waals surface area contributed by atoms with E-state index in [1.807, 2.05) is 49.4 Å². The SMILES string of the molecule is C=C[C@H](C)[C@H](O)C[C@@H](CCCOCc1ccccc1)OCc1ccc(OC)cc1. The number of benzene rings is 2. The maximum absolute atomic E-state index is 10.4. The lowest BCUT2D eigenvalue weighted by molar-refractivity contribution is -0.0137. The highest BCUT2D eigenvalue weighted by Gasteiger charge is 2.18. The van der Waals surface area contributed by atoms with Crippen LogP contribution in [0.3, 0.4) is 0 Å². The van der Waals surface area contributed by atoms with Crippen LogP contribution in [0.1, 0.15) is 37.3 Å². The van der Waals surface area contributed by atoms with Gasteiger partial charge in [0.15, 0.2) is 0 Å². The minimum Gasteiger partial charge on any atom is -0.497 e. The Morgan fingerprint density at radius 3 is 2.34 bits per heavy atom. The summed E-state index contributed by atoms with van der Waals surface area (Å²) in [5.41, 5.74) is 2.26. The Labute approximate surface area is 175 Å². The second-order valence-corrected chi connectivity index (χ2v) is 7.36. The van der Waals surface area contributed by atoms with Crippen LogP contribution in [-0.2, 0) is 22.7 Å². The molecule has 0 fully saturated rings. The maximum Gasteiger partial charge on any atom is 0.118 e. The van der Waals surface area contributed by atoms with Crippen molar-refractivity contribution in [3.05, 3.63) is 78.4 Å². The Morgan fingerprint density at radius 1 is 1.00 bits per heavy atom. The van der Waals surface area contributed by atoms with Crippen molar-refractivity contribution in [3.63, 3.8) is 0 Å². The molecule has 2 aromatic rings. The summed E-state index contributed by atoms with van der Waals surface area (Å²) in [5, 5.41) is 10.4. The van der Waals surface area contributed by atoms with E-state index in [0.29, 0.717) is 26.2 Å². The number of aliphatic hydroxyl groups is 1. The molecular formula is C25H34O4. The van der Waals surface area contributed by atoms with E-state index >= 15 is 0 Å². The second-order valence-electron chi connectivity index (χ2n) is 7.36. The Balaban J connectivity index is 1.80. The highest BCUT2D eigenvalue weighted by molar-refractivity contribution is 5.26. The van der Waals surface area contributed by atoms with Gasteiger partial charge in [0.05, 0.1) is 32.5 Å². The van der Waals surface area contributed by atoms with Gasteiger partial charge in [-0.1, -0.05) is 55.5 Å². The predicted octanol–water partition coefficient (Wildman–Crippen LogP) is 5.15. The summed E-state index contributed by atoms with van der Waals surface area (Å²) in [5.74, 6) is 0.868. The molecule has 0 heterocycles. The summed E-state index contributed by atoms with van der Waals surface area (Å²) in [6.45, 7) is 7.55. The Morgan fingerprint density at radius 2 is 1.69 bits per heavy atom. The average molecular weight is 399 g/mol. The van der Waals surface area contributed by atoms with Crippen molar-refractivity contribution in [1.82, 2.24) is 0 Å². The standard InChI is InChI=1S/C25H34O4/c1-4-20(2)25(26)17-24(29-19-22-12-14-23(27-3)15-13-22)11-8-16-28-18-21-9-6-5-7-10-21/h4-7,9-10,12-15,20,24-26H,1,8,11,16-19H2,2-3H3/t20-,24+,25+/m0/s1. The zero-order valence-corrected chi connectivity index (χ0v) is 17.6. The average Bonchev–Trinajstić information content (AvgIpc) is 2.77. The molecule has 3 atom stereocenters. The van der Waals surface area contributed by atoms with E-state index in [1.54, 1.807) is 13.2 Å². The molecule has 0 saturated carbocycles. The molecule has 0 aliphatic heterocycles. The number of ether oxygens (including phenoxy) is 3. The highest BCUT2D eigenvalue weighted by atomic mass is 16.5. The molecule has 0 aliphatic carbocycles. The monoisotopic (exact) mass is 398 g/mol. The minimum atomic E-state index is -0.460. The number of methoxy groups -OCH3 is 1. The third kappa shape index (κ3) is 8.82. The van der Waals surface area contributed by atoms with Gasteiger partial charge >= 0.3 is 0 Å². The van der Waals surface area contributed by atoms with E-state index in [9.17, 15) is 5.11 Å². The van der Waals surface area contributed by atoms with E-state index in [2.05, 4.69) is 18.7 Å². The van der Waals surface area contributed by atoms with Crippen molar-refractivity contribution < 1.29 is 19.3 Å². The molecule has 2 aromatic carbocycles. The Hall–Kier alpha value is -2.14. The van der Waals surface area contributed by atoms with Crippen molar-refractivity contribution in [2.24, 2.45) is 5.92 Å². The van der Waals surface area contributed by atoms with Crippen LogP contribution in [0.25, 0.3) is 0 Å². The van der Waals surface area contributed by atoms with Gasteiger partial charge in [0.25, 0.3) is 0 Å². The second kappa shape index (κ2) is 13.2. The van der Waals surface area contributed by atoms with Gasteiger partial charge in [0, 0.05) is 13.0 Å². The number of hydrogen-bond acceptors (Lipinski definition) is 4. The number of aliphatic hydroxyl groups excluding tert-OH is 1. The molecule has 0 bridgehead atoms. The summed E-state index contributed by atoms with van der Waals surface area (Å²) in [6, 6.07) is 18.0. The van der Waals surface area contributed by atoms with Crippen molar-refractivity contribution in [1.29, 1.82) is 0 Å². The number of hydrogen-bond donors (Lipinski definition) is 1.